The molecule has 2 aromatic rings. The molecule has 7 heteroatoms. The summed E-state index contributed by atoms with van der Waals surface area (Å²) in [4.78, 5) is 31.3. The molecule has 0 saturated carbocycles. The zero-order chi connectivity index (χ0) is 22.3. The van der Waals surface area contributed by atoms with Crippen LogP contribution in [-0.4, -0.2) is 42.3 Å². The first-order valence-electron chi connectivity index (χ1n) is 11.0. The SMILES string of the molecule is CCOc1cc(/C=C2\N=C3CCCCCN3C2=O)ccc1OCC(=O)Nc1ccccc1. The second-order valence-electron chi connectivity index (χ2n) is 7.67. The van der Waals surface area contributed by atoms with E-state index in [2.05, 4.69) is 10.3 Å². The molecule has 4 rings (SSSR count). The molecule has 0 unspecified atom stereocenters. The number of amides is 2. The van der Waals surface area contributed by atoms with Crippen molar-refractivity contribution >= 4 is 29.4 Å². The number of benzene rings is 2. The van der Waals surface area contributed by atoms with Crippen LogP contribution in [0, 0.1) is 0 Å². The molecule has 7 nitrogen and oxygen atoms in total. The highest BCUT2D eigenvalue weighted by Crippen LogP contribution is 2.31. The van der Waals surface area contributed by atoms with E-state index < -0.39 is 0 Å². The van der Waals surface area contributed by atoms with E-state index in [4.69, 9.17) is 9.47 Å². The fourth-order valence-corrected chi connectivity index (χ4v) is 3.77. The van der Waals surface area contributed by atoms with Crippen LogP contribution in [0.5, 0.6) is 11.5 Å². The van der Waals surface area contributed by atoms with Gasteiger partial charge in [0.2, 0.25) is 0 Å². The molecule has 2 amide bonds. The summed E-state index contributed by atoms with van der Waals surface area (Å²) < 4.78 is 11.4. The summed E-state index contributed by atoms with van der Waals surface area (Å²) in [6.07, 6.45) is 5.82. The number of hydrogen-bond donors (Lipinski definition) is 1. The van der Waals surface area contributed by atoms with Crippen LogP contribution in [-0.2, 0) is 9.59 Å². The Kier molecular flexibility index (Phi) is 6.84. The molecule has 0 atom stereocenters. The van der Waals surface area contributed by atoms with E-state index in [1.165, 1.54) is 0 Å². The van der Waals surface area contributed by atoms with Crippen molar-refractivity contribution in [3.63, 3.8) is 0 Å². The van der Waals surface area contributed by atoms with Gasteiger partial charge in [-0.05, 0) is 55.7 Å². The van der Waals surface area contributed by atoms with Crippen LogP contribution in [0.1, 0.15) is 38.2 Å². The predicted octanol–water partition coefficient (Wildman–Crippen LogP) is 4.26. The van der Waals surface area contributed by atoms with Gasteiger partial charge in [0, 0.05) is 18.7 Å². The zero-order valence-corrected chi connectivity index (χ0v) is 18.2. The first-order valence-corrected chi connectivity index (χ1v) is 11.0. The van der Waals surface area contributed by atoms with Gasteiger partial charge >= 0.3 is 0 Å². The topological polar surface area (TPSA) is 80.2 Å². The third-order valence-corrected chi connectivity index (χ3v) is 5.29. The van der Waals surface area contributed by atoms with E-state index >= 15 is 0 Å². The van der Waals surface area contributed by atoms with Gasteiger partial charge in [0.05, 0.1) is 6.61 Å². The van der Waals surface area contributed by atoms with Gasteiger partial charge in [0.25, 0.3) is 11.8 Å². The van der Waals surface area contributed by atoms with Gasteiger partial charge in [-0.2, -0.15) is 0 Å². The van der Waals surface area contributed by atoms with Crippen LogP contribution in [0.15, 0.2) is 59.2 Å². The number of fused-ring (bicyclic) bond motifs is 1. The number of nitrogens with one attached hydrogen (secondary N) is 1. The van der Waals surface area contributed by atoms with E-state index in [9.17, 15) is 9.59 Å². The Balaban J connectivity index is 1.46. The van der Waals surface area contributed by atoms with E-state index in [1.807, 2.05) is 43.3 Å². The minimum atomic E-state index is -0.259. The smallest absolute Gasteiger partial charge is 0.277 e. The second kappa shape index (κ2) is 10.1. The summed E-state index contributed by atoms with van der Waals surface area (Å²) in [7, 11) is 0. The van der Waals surface area contributed by atoms with Crippen LogP contribution in [0.4, 0.5) is 5.69 Å². The number of carbonyl (C=O) groups is 2. The minimum absolute atomic E-state index is 0.0437. The lowest BCUT2D eigenvalue weighted by molar-refractivity contribution is -0.122. The van der Waals surface area contributed by atoms with Crippen LogP contribution in [0.2, 0.25) is 0 Å². The molecule has 0 radical (unpaired) electrons. The molecule has 1 N–H and O–H groups in total. The third-order valence-electron chi connectivity index (χ3n) is 5.29. The Morgan fingerprint density at radius 2 is 1.94 bits per heavy atom. The van der Waals surface area contributed by atoms with Gasteiger partial charge < -0.3 is 14.8 Å². The van der Waals surface area contributed by atoms with E-state index in [1.54, 1.807) is 23.1 Å². The van der Waals surface area contributed by atoms with Crippen LogP contribution >= 0.6 is 0 Å². The molecule has 166 valence electrons. The molecule has 2 aromatic carbocycles. The lowest BCUT2D eigenvalue weighted by Gasteiger charge is -2.14. The monoisotopic (exact) mass is 433 g/mol. The van der Waals surface area contributed by atoms with Crippen molar-refractivity contribution in [2.75, 3.05) is 25.1 Å². The Morgan fingerprint density at radius 1 is 1.09 bits per heavy atom. The first-order chi connectivity index (χ1) is 15.6. The lowest BCUT2D eigenvalue weighted by Crippen LogP contribution is -2.31. The van der Waals surface area contributed by atoms with Gasteiger partial charge in [0.15, 0.2) is 18.1 Å². The van der Waals surface area contributed by atoms with Crippen molar-refractivity contribution in [1.82, 2.24) is 4.90 Å². The van der Waals surface area contributed by atoms with Gasteiger partial charge in [-0.15, -0.1) is 0 Å². The standard InChI is InChI=1S/C25H27N3O4/c1-2-31-22-16-18(15-20-25(30)28-14-8-4-7-11-23(28)27-20)12-13-21(22)32-17-24(29)26-19-9-5-3-6-10-19/h3,5-6,9-10,12-13,15-16H,2,4,7-8,11,14,17H2,1H3,(H,26,29)/b20-15-. The number of ether oxygens (including phenoxy) is 2. The number of carbonyl (C=O) groups excluding carboxylic acids is 2. The molecular weight excluding hydrogens is 406 g/mol. The van der Waals surface area contributed by atoms with E-state index in [0.717, 1.165) is 43.6 Å². The van der Waals surface area contributed by atoms with Crippen LogP contribution in [0.3, 0.4) is 0 Å². The minimum Gasteiger partial charge on any atom is -0.490 e. The summed E-state index contributed by atoms with van der Waals surface area (Å²) in [6, 6.07) is 14.6. The fourth-order valence-electron chi connectivity index (χ4n) is 3.77. The number of anilines is 1. The molecule has 0 bridgehead atoms. The maximum absolute atomic E-state index is 12.7. The number of nitrogens with zero attached hydrogens (tertiary/aromatic N) is 2. The quantitative estimate of drug-likeness (QED) is 0.662. The number of para-hydroxylation sites is 1. The Hall–Kier alpha value is -3.61. The molecule has 0 aliphatic carbocycles. The van der Waals surface area contributed by atoms with Crippen LogP contribution in [0.25, 0.3) is 6.08 Å². The Morgan fingerprint density at radius 3 is 2.75 bits per heavy atom. The van der Waals surface area contributed by atoms with Gasteiger partial charge in [-0.3, -0.25) is 14.5 Å². The number of hydrogen-bond acceptors (Lipinski definition) is 5. The van der Waals surface area contributed by atoms with Gasteiger partial charge in [0.1, 0.15) is 11.5 Å². The van der Waals surface area contributed by atoms with Crippen LogP contribution < -0.4 is 14.8 Å². The average Bonchev–Trinajstić information content (AvgIpc) is 2.94. The summed E-state index contributed by atoms with van der Waals surface area (Å²) in [5.74, 6) is 1.55. The van der Waals surface area contributed by atoms with Crippen molar-refractivity contribution in [3.8, 4) is 11.5 Å². The zero-order valence-electron chi connectivity index (χ0n) is 18.2. The number of amidine groups is 1. The fraction of sp³-hybridized carbons (Fsp3) is 0.320. The highest BCUT2D eigenvalue weighted by Gasteiger charge is 2.30. The second-order valence-corrected chi connectivity index (χ2v) is 7.67. The molecule has 0 aromatic heterocycles. The van der Waals surface area contributed by atoms with E-state index in [-0.39, 0.29) is 18.4 Å². The van der Waals surface area contributed by atoms with Gasteiger partial charge in [-0.1, -0.05) is 30.7 Å². The summed E-state index contributed by atoms with van der Waals surface area (Å²) in [5.41, 5.74) is 1.95. The van der Waals surface area contributed by atoms with Crippen molar-refractivity contribution < 1.29 is 19.1 Å². The summed E-state index contributed by atoms with van der Waals surface area (Å²) >= 11 is 0. The normalized spacial score (nSPS) is 16.9. The van der Waals surface area contributed by atoms with Crippen molar-refractivity contribution in [1.29, 1.82) is 0 Å². The van der Waals surface area contributed by atoms with E-state index in [0.29, 0.717) is 29.5 Å². The van der Waals surface area contributed by atoms with Gasteiger partial charge in [-0.25, -0.2) is 4.99 Å². The molecule has 32 heavy (non-hydrogen) atoms. The molecule has 2 aliphatic rings. The van der Waals surface area contributed by atoms with Crippen molar-refractivity contribution in [2.45, 2.75) is 32.6 Å². The Labute approximate surface area is 187 Å². The predicted molar refractivity (Wildman–Crippen MR) is 124 cm³/mol. The molecule has 2 heterocycles. The molecular formula is C25H27N3O4. The largest absolute Gasteiger partial charge is 0.490 e. The summed E-state index contributed by atoms with van der Waals surface area (Å²) in [6.45, 7) is 2.92. The molecule has 1 saturated heterocycles. The molecule has 0 spiro atoms. The highest BCUT2D eigenvalue weighted by molar-refractivity contribution is 6.14. The first kappa shape index (κ1) is 21.6. The lowest BCUT2D eigenvalue weighted by atomic mass is 10.1. The van der Waals surface area contributed by atoms with Crippen molar-refractivity contribution in [2.24, 2.45) is 4.99 Å². The summed E-state index contributed by atoms with van der Waals surface area (Å²) in [5, 5.41) is 2.79. The average molecular weight is 434 g/mol. The maximum Gasteiger partial charge on any atom is 0.277 e. The highest BCUT2D eigenvalue weighted by atomic mass is 16.5. The number of rotatable bonds is 7. The van der Waals surface area contributed by atoms with Crippen molar-refractivity contribution in [3.05, 3.63) is 59.8 Å². The maximum atomic E-state index is 12.7. The Bertz CT molecular complexity index is 1050. The number of aliphatic imine (C=N–C) groups is 1. The molecule has 2 aliphatic heterocycles. The molecule has 1 fully saturated rings. The third kappa shape index (κ3) is 5.17.